The third-order valence-corrected chi connectivity index (χ3v) is 2.58. The van der Waals surface area contributed by atoms with Crippen LogP contribution in [0.4, 0.5) is 0 Å². The number of aliphatic hydroxyl groups excluding tert-OH is 1. The van der Waals surface area contributed by atoms with E-state index in [1.54, 1.807) is 6.07 Å². The molecule has 1 aromatic heterocycles. The maximum Gasteiger partial charge on any atom is 0.287 e. The number of aliphatic hydroxyl groups is 1. The van der Waals surface area contributed by atoms with Crippen molar-refractivity contribution >= 4 is 5.91 Å². The Kier molecular flexibility index (Phi) is 4.12. The summed E-state index contributed by atoms with van der Waals surface area (Å²) in [6.07, 6.45) is 2.16. The van der Waals surface area contributed by atoms with Gasteiger partial charge in [-0.3, -0.25) is 4.79 Å². The monoisotopic (exact) mass is 225 g/mol. The Labute approximate surface area is 95.7 Å². The van der Waals surface area contributed by atoms with Gasteiger partial charge in [0, 0.05) is 18.7 Å². The molecule has 4 heteroatoms. The van der Waals surface area contributed by atoms with E-state index in [0.29, 0.717) is 18.7 Å². The Morgan fingerprint density at radius 2 is 2.25 bits per heavy atom. The van der Waals surface area contributed by atoms with Crippen LogP contribution in [0.5, 0.6) is 0 Å². The van der Waals surface area contributed by atoms with Gasteiger partial charge in [-0.25, -0.2) is 0 Å². The van der Waals surface area contributed by atoms with Crippen molar-refractivity contribution in [1.82, 2.24) is 5.32 Å². The van der Waals surface area contributed by atoms with E-state index >= 15 is 0 Å². The summed E-state index contributed by atoms with van der Waals surface area (Å²) >= 11 is 0. The Balaban J connectivity index is 2.51. The van der Waals surface area contributed by atoms with Gasteiger partial charge >= 0.3 is 0 Å². The highest BCUT2D eigenvalue weighted by atomic mass is 16.3. The van der Waals surface area contributed by atoms with Crippen LogP contribution in [0.2, 0.25) is 0 Å². The van der Waals surface area contributed by atoms with E-state index in [1.807, 2.05) is 20.8 Å². The summed E-state index contributed by atoms with van der Waals surface area (Å²) in [6, 6.07) is 1.76. The van der Waals surface area contributed by atoms with Crippen LogP contribution in [0.1, 0.15) is 36.4 Å². The van der Waals surface area contributed by atoms with Crippen molar-refractivity contribution in [2.75, 3.05) is 13.2 Å². The van der Waals surface area contributed by atoms with Gasteiger partial charge in [-0.05, 0) is 24.8 Å². The second-order valence-electron chi connectivity index (χ2n) is 4.75. The summed E-state index contributed by atoms with van der Waals surface area (Å²) in [5.41, 5.74) is 0.725. The van der Waals surface area contributed by atoms with Crippen LogP contribution in [0, 0.1) is 12.3 Å². The van der Waals surface area contributed by atoms with E-state index < -0.39 is 0 Å². The first-order valence-corrected chi connectivity index (χ1v) is 5.39. The molecule has 1 amide bonds. The molecule has 1 heterocycles. The zero-order chi connectivity index (χ0) is 12.2. The van der Waals surface area contributed by atoms with Gasteiger partial charge in [0.15, 0.2) is 5.76 Å². The van der Waals surface area contributed by atoms with E-state index in [2.05, 4.69) is 5.32 Å². The molecule has 0 aromatic carbocycles. The SMILES string of the molecule is Cc1ccoc1C(=O)NCC(C)(C)CCO. The van der Waals surface area contributed by atoms with E-state index in [1.165, 1.54) is 6.26 Å². The average molecular weight is 225 g/mol. The van der Waals surface area contributed by atoms with Crippen molar-refractivity contribution in [3.8, 4) is 0 Å². The number of carbonyl (C=O) groups is 1. The quantitative estimate of drug-likeness (QED) is 0.802. The van der Waals surface area contributed by atoms with E-state index in [0.717, 1.165) is 5.56 Å². The molecule has 16 heavy (non-hydrogen) atoms. The van der Waals surface area contributed by atoms with Crippen LogP contribution in [0.15, 0.2) is 16.7 Å². The Hall–Kier alpha value is -1.29. The fraction of sp³-hybridized carbons (Fsp3) is 0.583. The molecular formula is C12H19NO3. The highest BCUT2D eigenvalue weighted by Crippen LogP contribution is 2.18. The largest absolute Gasteiger partial charge is 0.459 e. The molecule has 4 nitrogen and oxygen atoms in total. The number of hydrogen-bond donors (Lipinski definition) is 2. The normalized spacial score (nSPS) is 11.5. The molecule has 1 aromatic rings. The maximum atomic E-state index is 11.7. The molecule has 0 saturated carbocycles. The molecular weight excluding hydrogens is 206 g/mol. The molecule has 0 radical (unpaired) electrons. The third-order valence-electron chi connectivity index (χ3n) is 2.58. The zero-order valence-electron chi connectivity index (χ0n) is 10.0. The highest BCUT2D eigenvalue weighted by Gasteiger charge is 2.20. The minimum Gasteiger partial charge on any atom is -0.459 e. The lowest BCUT2D eigenvalue weighted by molar-refractivity contribution is 0.0899. The first kappa shape index (κ1) is 12.8. The number of carbonyl (C=O) groups excluding carboxylic acids is 1. The van der Waals surface area contributed by atoms with Crippen LogP contribution in [0.25, 0.3) is 0 Å². The molecule has 2 N–H and O–H groups in total. The summed E-state index contributed by atoms with van der Waals surface area (Å²) in [5.74, 6) is 0.160. The number of furan rings is 1. The summed E-state index contributed by atoms with van der Waals surface area (Å²) in [7, 11) is 0. The molecule has 0 atom stereocenters. The summed E-state index contributed by atoms with van der Waals surface area (Å²) < 4.78 is 5.09. The van der Waals surface area contributed by atoms with E-state index in [-0.39, 0.29) is 17.9 Å². The molecule has 90 valence electrons. The topological polar surface area (TPSA) is 62.5 Å². The number of rotatable bonds is 5. The van der Waals surface area contributed by atoms with Crippen LogP contribution in [-0.4, -0.2) is 24.2 Å². The Morgan fingerprint density at radius 1 is 1.56 bits per heavy atom. The highest BCUT2D eigenvalue weighted by molar-refractivity contribution is 5.92. The molecule has 0 bridgehead atoms. The molecule has 0 saturated heterocycles. The summed E-state index contributed by atoms with van der Waals surface area (Å²) in [6.45, 7) is 6.48. The number of aryl methyl sites for hydroxylation is 1. The average Bonchev–Trinajstić information content (AvgIpc) is 2.61. The fourth-order valence-electron chi connectivity index (χ4n) is 1.40. The number of amides is 1. The van der Waals surface area contributed by atoms with Gasteiger partial charge in [0.25, 0.3) is 5.91 Å². The molecule has 0 aliphatic heterocycles. The van der Waals surface area contributed by atoms with Crippen molar-refractivity contribution in [3.05, 3.63) is 23.7 Å². The Bertz CT molecular complexity index is 355. The predicted molar refractivity (Wildman–Crippen MR) is 61.3 cm³/mol. The first-order chi connectivity index (χ1) is 7.46. The lowest BCUT2D eigenvalue weighted by Crippen LogP contribution is -2.34. The van der Waals surface area contributed by atoms with Crippen molar-refractivity contribution in [1.29, 1.82) is 0 Å². The number of hydrogen-bond acceptors (Lipinski definition) is 3. The van der Waals surface area contributed by atoms with Gasteiger partial charge in [-0.1, -0.05) is 13.8 Å². The van der Waals surface area contributed by atoms with Crippen LogP contribution in [0.3, 0.4) is 0 Å². The van der Waals surface area contributed by atoms with Crippen LogP contribution in [-0.2, 0) is 0 Å². The molecule has 0 spiro atoms. The maximum absolute atomic E-state index is 11.7. The standard InChI is InChI=1S/C12H19NO3/c1-9-4-7-16-10(9)11(15)13-8-12(2,3)5-6-14/h4,7,14H,5-6,8H2,1-3H3,(H,13,15). The van der Waals surface area contributed by atoms with Gasteiger partial charge in [0.1, 0.15) is 0 Å². The smallest absolute Gasteiger partial charge is 0.287 e. The van der Waals surface area contributed by atoms with Gasteiger partial charge < -0.3 is 14.8 Å². The molecule has 0 fully saturated rings. The van der Waals surface area contributed by atoms with Crippen molar-refractivity contribution in [2.45, 2.75) is 27.2 Å². The third kappa shape index (κ3) is 3.38. The minimum atomic E-state index is -0.200. The molecule has 1 rings (SSSR count). The van der Waals surface area contributed by atoms with Crippen LogP contribution >= 0.6 is 0 Å². The molecule has 0 aliphatic carbocycles. The lowest BCUT2D eigenvalue weighted by Gasteiger charge is -2.23. The first-order valence-electron chi connectivity index (χ1n) is 5.39. The summed E-state index contributed by atoms with van der Waals surface area (Å²) in [5, 5.41) is 11.7. The summed E-state index contributed by atoms with van der Waals surface area (Å²) in [4.78, 5) is 11.7. The predicted octanol–water partition coefficient (Wildman–Crippen LogP) is 1.73. The van der Waals surface area contributed by atoms with Crippen molar-refractivity contribution in [3.63, 3.8) is 0 Å². The second-order valence-corrected chi connectivity index (χ2v) is 4.75. The fourth-order valence-corrected chi connectivity index (χ4v) is 1.40. The van der Waals surface area contributed by atoms with Crippen LogP contribution < -0.4 is 5.32 Å². The van der Waals surface area contributed by atoms with E-state index in [4.69, 9.17) is 9.52 Å². The number of nitrogens with one attached hydrogen (secondary N) is 1. The van der Waals surface area contributed by atoms with Crippen molar-refractivity contribution in [2.24, 2.45) is 5.41 Å². The second kappa shape index (κ2) is 5.16. The van der Waals surface area contributed by atoms with Gasteiger partial charge in [0.2, 0.25) is 0 Å². The molecule has 0 aliphatic rings. The van der Waals surface area contributed by atoms with Gasteiger partial charge in [-0.2, -0.15) is 0 Å². The van der Waals surface area contributed by atoms with E-state index in [9.17, 15) is 4.79 Å². The van der Waals surface area contributed by atoms with Crippen molar-refractivity contribution < 1.29 is 14.3 Å². The zero-order valence-corrected chi connectivity index (χ0v) is 10.0. The van der Waals surface area contributed by atoms with Gasteiger partial charge in [0.05, 0.1) is 6.26 Å². The minimum absolute atomic E-state index is 0.106. The lowest BCUT2D eigenvalue weighted by atomic mass is 9.90. The molecule has 0 unspecified atom stereocenters. The Morgan fingerprint density at radius 3 is 2.75 bits per heavy atom. The van der Waals surface area contributed by atoms with Gasteiger partial charge in [-0.15, -0.1) is 0 Å².